The molecular weight excluding hydrogens is 388 g/mol. The van der Waals surface area contributed by atoms with Gasteiger partial charge in [0.05, 0.1) is 15.9 Å². The van der Waals surface area contributed by atoms with Crippen LogP contribution in [0.1, 0.15) is 11.1 Å². The van der Waals surface area contributed by atoms with Gasteiger partial charge in [0.25, 0.3) is 0 Å². The molecule has 1 fully saturated rings. The molecule has 7 nitrogen and oxygen atoms in total. The lowest BCUT2D eigenvalue weighted by Gasteiger charge is -2.36. The number of fused-ring (bicyclic) bond motifs is 1. The predicted octanol–water partition coefficient (Wildman–Crippen LogP) is 2.00. The zero-order valence-electron chi connectivity index (χ0n) is 17.2. The quantitative estimate of drug-likeness (QED) is 0.658. The van der Waals surface area contributed by atoms with Crippen LogP contribution in [0.25, 0.3) is 11.0 Å². The predicted molar refractivity (Wildman–Crippen MR) is 115 cm³/mol. The molecular formula is C21H26N4O3S. The van der Waals surface area contributed by atoms with Gasteiger partial charge in [0, 0.05) is 46.0 Å². The van der Waals surface area contributed by atoms with Crippen LogP contribution in [0.15, 0.2) is 46.1 Å². The fourth-order valence-electron chi connectivity index (χ4n) is 4.03. The molecule has 2 heterocycles. The Labute approximate surface area is 170 Å². The summed E-state index contributed by atoms with van der Waals surface area (Å²) in [5, 5.41) is 0. The van der Waals surface area contributed by atoms with E-state index in [1.165, 1.54) is 30.3 Å². The number of piperazine rings is 1. The minimum Gasteiger partial charge on any atom is -0.369 e. The maximum Gasteiger partial charge on any atom is 0.328 e. The number of aryl methyl sites for hydroxylation is 4. The van der Waals surface area contributed by atoms with Crippen LogP contribution in [0.3, 0.4) is 0 Å². The monoisotopic (exact) mass is 414 g/mol. The Morgan fingerprint density at radius 3 is 2.17 bits per heavy atom. The van der Waals surface area contributed by atoms with Crippen molar-refractivity contribution in [3.8, 4) is 0 Å². The van der Waals surface area contributed by atoms with Gasteiger partial charge in [-0.3, -0.25) is 9.13 Å². The number of aromatic nitrogens is 2. The summed E-state index contributed by atoms with van der Waals surface area (Å²) in [6.07, 6.45) is 0. The number of imidazole rings is 1. The lowest BCUT2D eigenvalue weighted by Crippen LogP contribution is -2.48. The highest BCUT2D eigenvalue weighted by atomic mass is 32.2. The van der Waals surface area contributed by atoms with E-state index in [1.54, 1.807) is 32.3 Å². The van der Waals surface area contributed by atoms with Gasteiger partial charge >= 0.3 is 5.69 Å². The summed E-state index contributed by atoms with van der Waals surface area (Å²) in [7, 11) is -0.273. The van der Waals surface area contributed by atoms with Gasteiger partial charge < -0.3 is 4.90 Å². The number of sulfonamides is 1. The number of benzene rings is 2. The Kier molecular flexibility index (Phi) is 4.78. The van der Waals surface area contributed by atoms with Crippen LogP contribution in [-0.2, 0) is 24.1 Å². The number of hydrogen-bond acceptors (Lipinski definition) is 4. The van der Waals surface area contributed by atoms with Crippen LogP contribution in [0, 0.1) is 13.8 Å². The molecule has 0 saturated carbocycles. The summed E-state index contributed by atoms with van der Waals surface area (Å²) in [5.41, 5.74) is 4.73. The molecule has 0 N–H and O–H groups in total. The fraction of sp³-hybridized carbons (Fsp3) is 0.381. The van der Waals surface area contributed by atoms with Gasteiger partial charge in [-0.15, -0.1) is 0 Å². The van der Waals surface area contributed by atoms with E-state index in [2.05, 4.69) is 36.9 Å². The van der Waals surface area contributed by atoms with E-state index >= 15 is 0 Å². The molecule has 3 aromatic rings. The van der Waals surface area contributed by atoms with Crippen molar-refractivity contribution in [3.05, 3.63) is 58.0 Å². The van der Waals surface area contributed by atoms with Crippen molar-refractivity contribution in [1.29, 1.82) is 0 Å². The highest BCUT2D eigenvalue weighted by molar-refractivity contribution is 7.89. The molecule has 154 valence electrons. The highest BCUT2D eigenvalue weighted by Crippen LogP contribution is 2.26. The molecule has 1 aliphatic heterocycles. The summed E-state index contributed by atoms with van der Waals surface area (Å²) < 4.78 is 31.0. The van der Waals surface area contributed by atoms with Crippen molar-refractivity contribution >= 4 is 26.7 Å². The van der Waals surface area contributed by atoms with Gasteiger partial charge in [0.15, 0.2) is 0 Å². The van der Waals surface area contributed by atoms with Crippen molar-refractivity contribution in [2.24, 2.45) is 14.1 Å². The second-order valence-electron chi connectivity index (χ2n) is 7.73. The molecule has 4 rings (SSSR count). The van der Waals surface area contributed by atoms with Crippen molar-refractivity contribution in [2.75, 3.05) is 31.1 Å². The highest BCUT2D eigenvalue weighted by Gasteiger charge is 2.29. The van der Waals surface area contributed by atoms with Crippen LogP contribution < -0.4 is 10.6 Å². The summed E-state index contributed by atoms with van der Waals surface area (Å²) in [5.74, 6) is 0. The molecule has 0 aliphatic carbocycles. The van der Waals surface area contributed by atoms with Crippen LogP contribution in [0.2, 0.25) is 0 Å². The van der Waals surface area contributed by atoms with Gasteiger partial charge in [-0.2, -0.15) is 4.31 Å². The van der Waals surface area contributed by atoms with Gasteiger partial charge in [0.1, 0.15) is 0 Å². The Balaban J connectivity index is 1.59. The lowest BCUT2D eigenvalue weighted by atomic mass is 10.1. The first kappa shape index (κ1) is 19.7. The molecule has 1 aliphatic rings. The van der Waals surface area contributed by atoms with Crippen LogP contribution >= 0.6 is 0 Å². The van der Waals surface area contributed by atoms with Gasteiger partial charge in [-0.05, 0) is 49.2 Å². The largest absolute Gasteiger partial charge is 0.369 e. The molecule has 29 heavy (non-hydrogen) atoms. The topological polar surface area (TPSA) is 67.6 Å². The molecule has 0 spiro atoms. The summed E-state index contributed by atoms with van der Waals surface area (Å²) in [4.78, 5) is 14.6. The van der Waals surface area contributed by atoms with Crippen molar-refractivity contribution in [2.45, 2.75) is 18.7 Å². The summed E-state index contributed by atoms with van der Waals surface area (Å²) in [6.45, 7) is 6.31. The molecule has 2 aromatic carbocycles. The average molecular weight is 415 g/mol. The van der Waals surface area contributed by atoms with Gasteiger partial charge in [-0.25, -0.2) is 13.2 Å². The van der Waals surface area contributed by atoms with E-state index in [9.17, 15) is 13.2 Å². The molecule has 0 bridgehead atoms. The van der Waals surface area contributed by atoms with E-state index in [0.29, 0.717) is 31.7 Å². The molecule has 1 aromatic heterocycles. The molecule has 0 unspecified atom stereocenters. The molecule has 8 heteroatoms. The second kappa shape index (κ2) is 7.03. The van der Waals surface area contributed by atoms with Crippen LogP contribution in [-0.4, -0.2) is 48.0 Å². The summed E-state index contributed by atoms with van der Waals surface area (Å²) >= 11 is 0. The minimum atomic E-state index is -3.62. The number of rotatable bonds is 3. The zero-order chi connectivity index (χ0) is 20.9. The Hall–Kier alpha value is -2.58. The van der Waals surface area contributed by atoms with E-state index in [0.717, 1.165) is 5.52 Å². The standard InChI is InChI=1S/C21H26N4O3S/c1-15-5-6-16(2)19(13-15)24-9-11-25(12-10-24)29(27,28)17-7-8-18-20(14-17)23(4)21(26)22(18)3/h5-8,13-14H,9-12H2,1-4H3. The average Bonchev–Trinajstić information content (AvgIpc) is 2.93. The molecule has 0 amide bonds. The fourth-order valence-corrected chi connectivity index (χ4v) is 5.47. The van der Waals surface area contributed by atoms with Crippen molar-refractivity contribution in [3.63, 3.8) is 0 Å². The third-order valence-corrected chi connectivity index (χ3v) is 7.72. The molecule has 0 atom stereocenters. The third-order valence-electron chi connectivity index (χ3n) is 5.83. The first-order valence-corrected chi connectivity index (χ1v) is 11.1. The Bertz CT molecular complexity index is 1250. The van der Waals surface area contributed by atoms with Crippen molar-refractivity contribution < 1.29 is 8.42 Å². The lowest BCUT2D eigenvalue weighted by molar-refractivity contribution is 0.385. The Morgan fingerprint density at radius 1 is 0.828 bits per heavy atom. The second-order valence-corrected chi connectivity index (χ2v) is 9.67. The molecule has 1 saturated heterocycles. The van der Waals surface area contributed by atoms with E-state index in [-0.39, 0.29) is 10.6 Å². The van der Waals surface area contributed by atoms with Gasteiger partial charge in [0.2, 0.25) is 10.0 Å². The van der Waals surface area contributed by atoms with E-state index in [1.807, 2.05) is 0 Å². The van der Waals surface area contributed by atoms with Gasteiger partial charge in [-0.1, -0.05) is 12.1 Å². The third kappa shape index (κ3) is 3.26. The van der Waals surface area contributed by atoms with Crippen LogP contribution in [0.5, 0.6) is 0 Å². The first-order chi connectivity index (χ1) is 13.7. The molecule has 0 radical (unpaired) electrons. The maximum atomic E-state index is 13.2. The smallest absolute Gasteiger partial charge is 0.328 e. The Morgan fingerprint density at radius 2 is 1.48 bits per heavy atom. The minimum absolute atomic E-state index is 0.170. The number of anilines is 1. The number of hydrogen-bond donors (Lipinski definition) is 0. The normalized spacial score (nSPS) is 15.9. The number of nitrogens with zero attached hydrogens (tertiary/aromatic N) is 4. The first-order valence-electron chi connectivity index (χ1n) is 9.68. The van der Waals surface area contributed by atoms with Crippen molar-refractivity contribution in [1.82, 2.24) is 13.4 Å². The zero-order valence-corrected chi connectivity index (χ0v) is 18.0. The summed E-state index contributed by atoms with van der Waals surface area (Å²) in [6, 6.07) is 11.2. The maximum absolute atomic E-state index is 13.2. The SMILES string of the molecule is Cc1ccc(C)c(N2CCN(S(=O)(=O)c3ccc4c(c3)n(C)c(=O)n4C)CC2)c1. The van der Waals surface area contributed by atoms with Crippen LogP contribution in [0.4, 0.5) is 5.69 Å². The van der Waals surface area contributed by atoms with E-state index in [4.69, 9.17) is 0 Å². The van der Waals surface area contributed by atoms with E-state index < -0.39 is 10.0 Å².